The number of hydrogen-bond acceptors (Lipinski definition) is 3. The molecule has 0 unspecified atom stereocenters. The Morgan fingerprint density at radius 3 is 2.42 bits per heavy atom. The summed E-state index contributed by atoms with van der Waals surface area (Å²) in [6, 6.07) is 10.5. The maximum atomic E-state index is 11.9. The monoisotopic (exact) mass is 261 g/mol. The average molecular weight is 261 g/mol. The van der Waals surface area contributed by atoms with Gasteiger partial charge in [0.25, 0.3) is 0 Å². The van der Waals surface area contributed by atoms with E-state index in [0.29, 0.717) is 0 Å². The SMILES string of the molecule is CCC1(C(=O)OC)CCN(Cc2ccccc2)CC1. The van der Waals surface area contributed by atoms with E-state index in [1.165, 1.54) is 12.7 Å². The second kappa shape index (κ2) is 6.20. The highest BCUT2D eigenvalue weighted by atomic mass is 16.5. The van der Waals surface area contributed by atoms with Crippen molar-refractivity contribution in [1.82, 2.24) is 4.90 Å². The minimum atomic E-state index is -0.248. The number of esters is 1. The Bertz CT molecular complexity index is 408. The summed E-state index contributed by atoms with van der Waals surface area (Å²) >= 11 is 0. The van der Waals surface area contributed by atoms with Gasteiger partial charge >= 0.3 is 5.97 Å². The minimum Gasteiger partial charge on any atom is -0.469 e. The van der Waals surface area contributed by atoms with Gasteiger partial charge in [0.1, 0.15) is 0 Å². The van der Waals surface area contributed by atoms with Gasteiger partial charge in [-0.3, -0.25) is 9.69 Å². The number of carbonyl (C=O) groups excluding carboxylic acids is 1. The van der Waals surface area contributed by atoms with Crippen LogP contribution in [0.1, 0.15) is 31.7 Å². The van der Waals surface area contributed by atoms with Crippen LogP contribution < -0.4 is 0 Å². The predicted molar refractivity (Wildman–Crippen MR) is 75.7 cm³/mol. The van der Waals surface area contributed by atoms with E-state index in [9.17, 15) is 4.79 Å². The maximum absolute atomic E-state index is 11.9. The third-order valence-electron chi connectivity index (χ3n) is 4.36. The molecule has 0 N–H and O–H groups in total. The lowest BCUT2D eigenvalue weighted by atomic mass is 9.76. The molecule has 3 nitrogen and oxygen atoms in total. The molecule has 104 valence electrons. The molecule has 0 aliphatic carbocycles. The van der Waals surface area contributed by atoms with Gasteiger partial charge in [-0.05, 0) is 37.9 Å². The zero-order chi connectivity index (χ0) is 13.7. The Balaban J connectivity index is 1.93. The van der Waals surface area contributed by atoms with Crippen LogP contribution in [0.3, 0.4) is 0 Å². The van der Waals surface area contributed by atoms with Crippen LogP contribution in [-0.4, -0.2) is 31.1 Å². The highest BCUT2D eigenvalue weighted by molar-refractivity contribution is 5.76. The lowest BCUT2D eigenvalue weighted by Crippen LogP contribution is -2.44. The van der Waals surface area contributed by atoms with E-state index >= 15 is 0 Å². The molecule has 0 saturated carbocycles. The molecule has 0 radical (unpaired) electrons. The van der Waals surface area contributed by atoms with Crippen molar-refractivity contribution in [1.29, 1.82) is 0 Å². The first-order valence-corrected chi connectivity index (χ1v) is 7.05. The second-order valence-electron chi connectivity index (χ2n) is 5.39. The van der Waals surface area contributed by atoms with E-state index < -0.39 is 0 Å². The molecule has 1 aromatic rings. The molecule has 1 saturated heterocycles. The largest absolute Gasteiger partial charge is 0.469 e. The van der Waals surface area contributed by atoms with E-state index in [1.807, 2.05) is 6.07 Å². The number of ether oxygens (including phenoxy) is 1. The van der Waals surface area contributed by atoms with Gasteiger partial charge in [-0.2, -0.15) is 0 Å². The molecule has 1 aliphatic heterocycles. The van der Waals surface area contributed by atoms with Gasteiger partial charge in [0.15, 0.2) is 0 Å². The predicted octanol–water partition coefficient (Wildman–Crippen LogP) is 2.85. The number of nitrogens with zero attached hydrogens (tertiary/aromatic N) is 1. The average Bonchev–Trinajstić information content (AvgIpc) is 2.48. The fourth-order valence-corrected chi connectivity index (χ4v) is 2.90. The summed E-state index contributed by atoms with van der Waals surface area (Å²) < 4.78 is 4.98. The normalized spacial score (nSPS) is 19.1. The molecule has 1 aromatic carbocycles. The van der Waals surface area contributed by atoms with Gasteiger partial charge in [0, 0.05) is 6.54 Å². The molecule has 1 fully saturated rings. The van der Waals surface area contributed by atoms with Gasteiger partial charge in [-0.25, -0.2) is 0 Å². The number of methoxy groups -OCH3 is 1. The van der Waals surface area contributed by atoms with Crippen LogP contribution in [0.25, 0.3) is 0 Å². The highest BCUT2D eigenvalue weighted by Gasteiger charge is 2.40. The van der Waals surface area contributed by atoms with E-state index in [2.05, 4.69) is 36.1 Å². The molecule has 2 rings (SSSR count). The van der Waals surface area contributed by atoms with Crippen molar-refractivity contribution in [2.75, 3.05) is 20.2 Å². The van der Waals surface area contributed by atoms with Gasteiger partial charge in [-0.15, -0.1) is 0 Å². The molecule has 0 amide bonds. The van der Waals surface area contributed by atoms with Crippen molar-refractivity contribution in [2.45, 2.75) is 32.7 Å². The van der Waals surface area contributed by atoms with Crippen molar-refractivity contribution < 1.29 is 9.53 Å². The van der Waals surface area contributed by atoms with Crippen molar-refractivity contribution in [2.24, 2.45) is 5.41 Å². The first-order chi connectivity index (χ1) is 9.20. The van der Waals surface area contributed by atoms with Crippen LogP contribution in [-0.2, 0) is 16.1 Å². The summed E-state index contributed by atoms with van der Waals surface area (Å²) in [5.41, 5.74) is 1.09. The van der Waals surface area contributed by atoms with Crippen molar-refractivity contribution in [3.63, 3.8) is 0 Å². The minimum absolute atomic E-state index is 0.0330. The zero-order valence-corrected chi connectivity index (χ0v) is 11.9. The summed E-state index contributed by atoms with van der Waals surface area (Å²) in [5, 5.41) is 0. The lowest BCUT2D eigenvalue weighted by Gasteiger charge is -2.39. The molecule has 0 bridgehead atoms. The number of piperidine rings is 1. The molecular weight excluding hydrogens is 238 g/mol. The molecule has 19 heavy (non-hydrogen) atoms. The third-order valence-corrected chi connectivity index (χ3v) is 4.36. The Morgan fingerprint density at radius 2 is 1.89 bits per heavy atom. The first kappa shape index (κ1) is 14.1. The Labute approximate surface area is 115 Å². The molecule has 0 aromatic heterocycles. The molecule has 1 aliphatic rings. The number of likely N-dealkylation sites (tertiary alicyclic amines) is 1. The Morgan fingerprint density at radius 1 is 1.26 bits per heavy atom. The van der Waals surface area contributed by atoms with Crippen molar-refractivity contribution in [3.8, 4) is 0 Å². The van der Waals surface area contributed by atoms with E-state index in [1.54, 1.807) is 0 Å². The van der Waals surface area contributed by atoms with Gasteiger partial charge < -0.3 is 4.74 Å². The summed E-state index contributed by atoms with van der Waals surface area (Å²) in [6.45, 7) is 5.00. The molecule has 0 spiro atoms. The van der Waals surface area contributed by atoms with Gasteiger partial charge in [0.2, 0.25) is 0 Å². The lowest BCUT2D eigenvalue weighted by molar-refractivity contribution is -0.156. The van der Waals surface area contributed by atoms with E-state index in [0.717, 1.165) is 38.9 Å². The maximum Gasteiger partial charge on any atom is 0.311 e. The Kier molecular flexibility index (Phi) is 4.59. The molecular formula is C16H23NO2. The van der Waals surface area contributed by atoms with Gasteiger partial charge in [-0.1, -0.05) is 37.3 Å². The zero-order valence-electron chi connectivity index (χ0n) is 11.9. The van der Waals surface area contributed by atoms with E-state index in [4.69, 9.17) is 4.74 Å². The smallest absolute Gasteiger partial charge is 0.311 e. The number of carbonyl (C=O) groups is 1. The fourth-order valence-electron chi connectivity index (χ4n) is 2.90. The van der Waals surface area contributed by atoms with Crippen LogP contribution in [0.2, 0.25) is 0 Å². The number of benzene rings is 1. The summed E-state index contributed by atoms with van der Waals surface area (Å²) in [4.78, 5) is 14.4. The Hall–Kier alpha value is -1.35. The van der Waals surface area contributed by atoms with Crippen molar-refractivity contribution in [3.05, 3.63) is 35.9 Å². The van der Waals surface area contributed by atoms with Crippen LogP contribution in [0, 0.1) is 5.41 Å². The van der Waals surface area contributed by atoms with Crippen LogP contribution in [0.15, 0.2) is 30.3 Å². The second-order valence-corrected chi connectivity index (χ2v) is 5.39. The molecule has 3 heteroatoms. The molecule has 1 heterocycles. The third kappa shape index (κ3) is 3.16. The summed E-state index contributed by atoms with van der Waals surface area (Å²) in [5.74, 6) is -0.0330. The summed E-state index contributed by atoms with van der Waals surface area (Å²) in [7, 11) is 1.50. The number of rotatable bonds is 4. The van der Waals surface area contributed by atoms with E-state index in [-0.39, 0.29) is 11.4 Å². The van der Waals surface area contributed by atoms with Crippen molar-refractivity contribution >= 4 is 5.97 Å². The topological polar surface area (TPSA) is 29.5 Å². The van der Waals surface area contributed by atoms with Crippen LogP contribution >= 0.6 is 0 Å². The standard InChI is InChI=1S/C16H23NO2/c1-3-16(15(18)19-2)9-11-17(12-10-16)13-14-7-5-4-6-8-14/h4-8H,3,9-13H2,1-2H3. The quantitative estimate of drug-likeness (QED) is 0.781. The highest BCUT2D eigenvalue weighted by Crippen LogP contribution is 2.36. The molecule has 0 atom stereocenters. The van der Waals surface area contributed by atoms with Crippen LogP contribution in [0.5, 0.6) is 0 Å². The van der Waals surface area contributed by atoms with Gasteiger partial charge in [0.05, 0.1) is 12.5 Å². The number of hydrogen-bond donors (Lipinski definition) is 0. The summed E-state index contributed by atoms with van der Waals surface area (Å²) in [6.07, 6.45) is 2.69. The fraction of sp³-hybridized carbons (Fsp3) is 0.562. The first-order valence-electron chi connectivity index (χ1n) is 7.05. The van der Waals surface area contributed by atoms with Crippen LogP contribution in [0.4, 0.5) is 0 Å².